The van der Waals surface area contributed by atoms with Crippen molar-refractivity contribution >= 4 is 36.0 Å². The Morgan fingerprint density at radius 3 is 1.69 bits per heavy atom. The summed E-state index contributed by atoms with van der Waals surface area (Å²) in [7, 11) is -4.51. The van der Waals surface area contributed by atoms with Crippen molar-refractivity contribution < 1.29 is 28.2 Å². The SMILES string of the molecule is Cc1cc(C)c(C(=O)P(=O)(OCCSc2ccc(C(=O)C(C)(C)N3CCOCC3)cc2)C(=O)c2c(C)cc(C)cc2C)c(C)c1. The van der Waals surface area contributed by atoms with Crippen molar-refractivity contribution in [3.05, 3.63) is 98.6 Å². The van der Waals surface area contributed by atoms with Crippen LogP contribution in [-0.2, 0) is 13.8 Å². The highest BCUT2D eigenvalue weighted by molar-refractivity contribution is 7.99. The fourth-order valence-electron chi connectivity index (χ4n) is 6.19. The van der Waals surface area contributed by atoms with Crippen molar-refractivity contribution in [1.29, 1.82) is 0 Å². The Hall–Kier alpha value is -2.87. The predicted octanol–water partition coefficient (Wildman–Crippen LogP) is 7.90. The predicted molar refractivity (Wildman–Crippen MR) is 181 cm³/mol. The van der Waals surface area contributed by atoms with E-state index in [1.165, 1.54) is 11.8 Å². The van der Waals surface area contributed by atoms with E-state index in [1.807, 2.05) is 76.2 Å². The third-order valence-corrected chi connectivity index (χ3v) is 11.5. The molecule has 0 aliphatic carbocycles. The molecule has 1 heterocycles. The number of carbonyl (C=O) groups is 3. The van der Waals surface area contributed by atoms with Crippen LogP contribution in [0.2, 0.25) is 0 Å². The number of rotatable bonds is 12. The molecule has 0 radical (unpaired) electrons. The van der Waals surface area contributed by atoms with Gasteiger partial charge in [-0.3, -0.25) is 23.8 Å². The van der Waals surface area contributed by atoms with Gasteiger partial charge in [0.15, 0.2) is 5.78 Å². The number of thioether (sulfide) groups is 1. The lowest BCUT2D eigenvalue weighted by Gasteiger charge is -2.39. The molecule has 0 atom stereocenters. The average Bonchev–Trinajstić information content (AvgIpc) is 2.98. The Balaban J connectivity index is 1.52. The van der Waals surface area contributed by atoms with Crippen LogP contribution in [-0.4, -0.2) is 65.9 Å². The number of aryl methyl sites for hydroxylation is 6. The van der Waals surface area contributed by atoms with E-state index in [2.05, 4.69) is 4.90 Å². The normalized spacial score (nSPS) is 14.4. The van der Waals surface area contributed by atoms with Crippen LogP contribution in [0.3, 0.4) is 0 Å². The maximum atomic E-state index is 14.6. The summed E-state index contributed by atoms with van der Waals surface area (Å²) in [6, 6.07) is 14.8. The summed E-state index contributed by atoms with van der Waals surface area (Å²) in [4.78, 5) is 44.4. The topological polar surface area (TPSA) is 90.0 Å². The second kappa shape index (κ2) is 14.3. The first-order valence-corrected chi connectivity index (χ1v) is 17.9. The second-order valence-electron chi connectivity index (χ2n) is 12.4. The van der Waals surface area contributed by atoms with Crippen LogP contribution in [0.25, 0.3) is 0 Å². The molecule has 4 rings (SSSR count). The molecule has 240 valence electrons. The van der Waals surface area contributed by atoms with Gasteiger partial charge in [-0.15, -0.1) is 11.8 Å². The molecule has 9 heteroatoms. The van der Waals surface area contributed by atoms with Crippen molar-refractivity contribution in [3.8, 4) is 0 Å². The minimum absolute atomic E-state index is 0.0469. The van der Waals surface area contributed by atoms with Gasteiger partial charge in [0.2, 0.25) is 0 Å². The molecule has 1 saturated heterocycles. The first-order chi connectivity index (χ1) is 21.2. The van der Waals surface area contributed by atoms with Gasteiger partial charge in [0.25, 0.3) is 11.0 Å². The Morgan fingerprint density at radius 2 is 1.24 bits per heavy atom. The van der Waals surface area contributed by atoms with Crippen LogP contribution in [0.4, 0.5) is 0 Å². The van der Waals surface area contributed by atoms with Crippen molar-refractivity contribution in [2.75, 3.05) is 38.7 Å². The van der Waals surface area contributed by atoms with E-state index in [0.29, 0.717) is 59.9 Å². The first kappa shape index (κ1) is 35.0. The van der Waals surface area contributed by atoms with Crippen LogP contribution in [0.5, 0.6) is 0 Å². The molecule has 0 spiro atoms. The van der Waals surface area contributed by atoms with Crippen LogP contribution in [0.1, 0.15) is 78.3 Å². The number of hydrogen-bond donors (Lipinski definition) is 0. The van der Waals surface area contributed by atoms with Gasteiger partial charge in [-0.1, -0.05) is 47.5 Å². The van der Waals surface area contributed by atoms with E-state index in [1.54, 1.807) is 27.7 Å². The largest absolute Gasteiger partial charge is 0.379 e. The highest BCUT2D eigenvalue weighted by Gasteiger charge is 2.45. The number of ketones is 1. The minimum atomic E-state index is -4.51. The summed E-state index contributed by atoms with van der Waals surface area (Å²) in [5.41, 5.74) is 3.58. The molecule has 1 aliphatic heterocycles. The lowest BCUT2D eigenvalue weighted by atomic mass is 9.91. The summed E-state index contributed by atoms with van der Waals surface area (Å²) in [6.07, 6.45) is 0. The molecule has 0 N–H and O–H groups in total. The van der Waals surface area contributed by atoms with Crippen molar-refractivity contribution in [3.63, 3.8) is 0 Å². The highest BCUT2D eigenvalue weighted by Crippen LogP contribution is 2.54. The van der Waals surface area contributed by atoms with Gasteiger partial charge in [0.05, 0.1) is 25.4 Å². The summed E-state index contributed by atoms with van der Waals surface area (Å²) >= 11 is 1.44. The molecule has 3 aromatic carbocycles. The Labute approximate surface area is 271 Å². The van der Waals surface area contributed by atoms with Gasteiger partial charge in [0.1, 0.15) is 0 Å². The number of carbonyl (C=O) groups excluding carboxylic acids is 3. The molecule has 0 saturated carbocycles. The van der Waals surface area contributed by atoms with E-state index < -0.39 is 24.0 Å². The molecule has 0 unspecified atom stereocenters. The van der Waals surface area contributed by atoms with Crippen molar-refractivity contribution in [2.45, 2.75) is 65.8 Å². The summed E-state index contributed by atoms with van der Waals surface area (Å²) in [5.74, 6) is 0.403. The number of Topliss-reactive ketones (excluding diaryl/α,β-unsaturated/α-hetero) is 1. The highest BCUT2D eigenvalue weighted by atomic mass is 32.2. The van der Waals surface area contributed by atoms with E-state index in [9.17, 15) is 18.9 Å². The number of hydrogen-bond acceptors (Lipinski definition) is 8. The molecule has 7 nitrogen and oxygen atoms in total. The minimum Gasteiger partial charge on any atom is -0.379 e. The summed E-state index contributed by atoms with van der Waals surface area (Å²) in [6.45, 7) is 17.5. The number of benzene rings is 3. The van der Waals surface area contributed by atoms with Gasteiger partial charge in [-0.25, -0.2) is 0 Å². The van der Waals surface area contributed by atoms with E-state index in [-0.39, 0.29) is 23.5 Å². The molecule has 1 fully saturated rings. The van der Waals surface area contributed by atoms with Crippen molar-refractivity contribution in [2.24, 2.45) is 0 Å². The number of morpholine rings is 1. The van der Waals surface area contributed by atoms with Gasteiger partial charge in [0, 0.05) is 40.4 Å². The third kappa shape index (κ3) is 7.58. The zero-order chi connectivity index (χ0) is 33.1. The molecule has 1 aliphatic rings. The molecular weight excluding hydrogens is 605 g/mol. The summed E-state index contributed by atoms with van der Waals surface area (Å²) < 4.78 is 25.9. The third-order valence-electron chi connectivity index (χ3n) is 8.42. The zero-order valence-corrected chi connectivity index (χ0v) is 29.3. The fourth-order valence-corrected chi connectivity index (χ4v) is 9.10. The molecule has 0 amide bonds. The molecular formula is C36H44NO6PS. The number of ether oxygens (including phenoxy) is 1. The van der Waals surface area contributed by atoms with Gasteiger partial charge >= 0.3 is 7.37 Å². The number of nitrogens with zero attached hydrogens (tertiary/aromatic N) is 1. The zero-order valence-electron chi connectivity index (χ0n) is 27.6. The molecule has 0 aromatic heterocycles. The maximum absolute atomic E-state index is 14.6. The standard InChI is InChI=1S/C36H44NO6PS/c1-23-19-25(3)31(26(4)20-23)34(39)44(41,35(40)32-27(5)21-24(2)22-28(32)6)43-17-18-45-30-11-9-29(10-12-30)33(38)36(7,8)37-13-15-42-16-14-37/h9-12,19-22H,13-18H2,1-8H3. The fraction of sp³-hybridized carbons (Fsp3) is 0.417. The Kier molecular flexibility index (Phi) is 11.1. The van der Waals surface area contributed by atoms with Crippen LogP contribution in [0, 0.1) is 41.5 Å². The Morgan fingerprint density at radius 1 is 0.800 bits per heavy atom. The Bertz CT molecular complexity index is 1540. The first-order valence-electron chi connectivity index (χ1n) is 15.3. The van der Waals surface area contributed by atoms with E-state index in [0.717, 1.165) is 16.0 Å². The maximum Gasteiger partial charge on any atom is 0.340 e. The quantitative estimate of drug-likeness (QED) is 0.0847. The second-order valence-corrected chi connectivity index (χ2v) is 15.7. The van der Waals surface area contributed by atoms with Gasteiger partial charge in [-0.05, 0) is 89.8 Å². The van der Waals surface area contributed by atoms with Gasteiger partial charge in [-0.2, -0.15) is 0 Å². The smallest absolute Gasteiger partial charge is 0.340 e. The lowest BCUT2D eigenvalue weighted by molar-refractivity contribution is -0.00430. The van der Waals surface area contributed by atoms with Crippen LogP contribution >= 0.6 is 19.1 Å². The van der Waals surface area contributed by atoms with E-state index in [4.69, 9.17) is 9.26 Å². The van der Waals surface area contributed by atoms with E-state index >= 15 is 0 Å². The molecule has 45 heavy (non-hydrogen) atoms. The average molecular weight is 650 g/mol. The molecule has 3 aromatic rings. The van der Waals surface area contributed by atoms with Crippen LogP contribution < -0.4 is 0 Å². The van der Waals surface area contributed by atoms with Gasteiger partial charge < -0.3 is 9.26 Å². The summed E-state index contributed by atoms with van der Waals surface area (Å²) in [5, 5.41) is 0. The molecule has 0 bridgehead atoms. The van der Waals surface area contributed by atoms with Crippen LogP contribution in [0.15, 0.2) is 53.4 Å². The lowest BCUT2D eigenvalue weighted by Crippen LogP contribution is -2.54. The van der Waals surface area contributed by atoms with Crippen molar-refractivity contribution in [1.82, 2.24) is 4.90 Å². The monoisotopic (exact) mass is 649 g/mol.